The number of carboxylic acids is 1. The van der Waals surface area contributed by atoms with Gasteiger partial charge >= 0.3 is 12.1 Å². The Balaban J connectivity index is 0.000000426. The number of carboxylic acid groups (broad SMARTS) is 1. The molecule has 3 saturated heterocycles. The molecule has 3 heterocycles. The second kappa shape index (κ2) is 10.7. The molecule has 0 unspecified atom stereocenters. The molecule has 38 heavy (non-hydrogen) atoms. The van der Waals surface area contributed by atoms with Gasteiger partial charge < -0.3 is 10.4 Å². The summed E-state index contributed by atoms with van der Waals surface area (Å²) in [5.74, 6) is -2.38. The third-order valence-corrected chi connectivity index (χ3v) is 9.49. The van der Waals surface area contributed by atoms with Crippen molar-refractivity contribution in [1.82, 2.24) is 14.5 Å². The number of hydrogen-bond acceptors (Lipinski definition) is 5. The lowest BCUT2D eigenvalue weighted by molar-refractivity contribution is -0.192. The van der Waals surface area contributed by atoms with Crippen molar-refractivity contribution in [3.8, 4) is 0 Å². The monoisotopic (exact) mass is 553 g/mol. The van der Waals surface area contributed by atoms with Crippen molar-refractivity contribution in [3.63, 3.8) is 0 Å². The summed E-state index contributed by atoms with van der Waals surface area (Å²) in [5.41, 5.74) is 2.01. The number of nitrogens with one attached hydrogen (secondary N) is 1. The van der Waals surface area contributed by atoms with Gasteiger partial charge in [-0.2, -0.15) is 17.5 Å². The van der Waals surface area contributed by atoms with E-state index in [1.54, 1.807) is 16.4 Å². The molecule has 2 aromatic rings. The van der Waals surface area contributed by atoms with Crippen molar-refractivity contribution in [2.24, 2.45) is 11.8 Å². The van der Waals surface area contributed by atoms with Crippen molar-refractivity contribution in [3.05, 3.63) is 65.7 Å². The van der Waals surface area contributed by atoms with Crippen LogP contribution in [0.2, 0.25) is 0 Å². The van der Waals surface area contributed by atoms with E-state index in [4.69, 9.17) is 9.90 Å². The van der Waals surface area contributed by atoms with Crippen LogP contribution in [0.4, 0.5) is 13.2 Å². The van der Waals surface area contributed by atoms with Crippen LogP contribution in [0.1, 0.15) is 24.0 Å². The average Bonchev–Trinajstić information content (AvgIpc) is 3.39. The smallest absolute Gasteiger partial charge is 0.475 e. The lowest BCUT2D eigenvalue weighted by atomic mass is 9.76. The Bertz CT molecular complexity index is 1260. The molecule has 2 N–H and O–H groups in total. The molecular weight excluding hydrogens is 523 g/mol. The van der Waals surface area contributed by atoms with Crippen molar-refractivity contribution < 1.29 is 36.3 Å². The van der Waals surface area contributed by atoms with E-state index in [0.717, 1.165) is 25.2 Å². The Morgan fingerprint density at radius 1 is 1.05 bits per heavy atom. The summed E-state index contributed by atoms with van der Waals surface area (Å²) >= 11 is 0. The van der Waals surface area contributed by atoms with E-state index >= 15 is 0 Å². The van der Waals surface area contributed by atoms with Gasteiger partial charge in [0.1, 0.15) is 0 Å². The zero-order valence-corrected chi connectivity index (χ0v) is 21.6. The summed E-state index contributed by atoms with van der Waals surface area (Å²) in [6, 6.07) is 17.4. The first-order valence-corrected chi connectivity index (χ1v) is 13.7. The molecule has 0 radical (unpaired) electrons. The van der Waals surface area contributed by atoms with Crippen LogP contribution in [-0.4, -0.2) is 72.5 Å². The number of aliphatic carboxylic acids is 1. The molecule has 206 valence electrons. The number of piperidine rings is 1. The average molecular weight is 554 g/mol. The highest BCUT2D eigenvalue weighted by molar-refractivity contribution is 7.89. The second-order valence-corrected chi connectivity index (χ2v) is 12.0. The standard InChI is InChI=1S/C24H29N3O3S.C2HF3O2/c1-18-7-9-20(10-8-18)31(29,30)27-13-11-24(12-14-27)22-17-26(16-21(22)23(28)25-24)15-19-5-3-2-4-6-19;3-2(4,5)1(6)7/h2-10,21-22H,11-17H2,1H3,(H,25,28);(H,6,7)/t21-,22+;/m1./s1. The molecule has 3 fully saturated rings. The third kappa shape index (κ3) is 5.87. The normalized spacial score (nSPS) is 23.4. The van der Waals surface area contributed by atoms with Gasteiger partial charge in [-0.1, -0.05) is 48.0 Å². The highest BCUT2D eigenvalue weighted by Gasteiger charge is 2.57. The molecule has 2 aromatic carbocycles. The number of nitrogens with zero attached hydrogens (tertiary/aromatic N) is 2. The molecule has 0 aliphatic carbocycles. The fourth-order valence-electron chi connectivity index (χ4n) is 5.59. The Kier molecular flexibility index (Phi) is 7.87. The predicted molar refractivity (Wildman–Crippen MR) is 132 cm³/mol. The summed E-state index contributed by atoms with van der Waals surface area (Å²) in [6.45, 7) is 5.34. The molecule has 5 rings (SSSR count). The molecule has 3 aliphatic rings. The first-order valence-electron chi connectivity index (χ1n) is 12.3. The van der Waals surface area contributed by atoms with Gasteiger partial charge in [-0.05, 0) is 37.5 Å². The van der Waals surface area contributed by atoms with Crippen LogP contribution in [0.25, 0.3) is 0 Å². The summed E-state index contributed by atoms with van der Waals surface area (Å²) in [5, 5.41) is 10.4. The number of carbonyl (C=O) groups is 2. The fourth-order valence-corrected chi connectivity index (χ4v) is 7.03. The number of carbonyl (C=O) groups excluding carboxylic acids is 1. The number of aryl methyl sites for hydroxylation is 1. The molecule has 1 amide bonds. The Labute approximate surface area is 219 Å². The summed E-state index contributed by atoms with van der Waals surface area (Å²) < 4.78 is 59.5. The molecule has 1 spiro atoms. The maximum atomic E-state index is 13.1. The molecule has 0 bridgehead atoms. The predicted octanol–water partition coefficient (Wildman–Crippen LogP) is 3.03. The number of halogens is 3. The fraction of sp³-hybridized carbons (Fsp3) is 0.462. The van der Waals surface area contributed by atoms with Crippen molar-refractivity contribution in [2.45, 2.75) is 42.9 Å². The Morgan fingerprint density at radius 3 is 2.18 bits per heavy atom. The number of fused-ring (bicyclic) bond motifs is 2. The largest absolute Gasteiger partial charge is 0.490 e. The summed E-state index contributed by atoms with van der Waals surface area (Å²) in [7, 11) is -3.50. The van der Waals surface area contributed by atoms with Gasteiger partial charge in [0, 0.05) is 44.2 Å². The van der Waals surface area contributed by atoms with E-state index in [0.29, 0.717) is 30.8 Å². The molecule has 0 saturated carbocycles. The first-order chi connectivity index (χ1) is 17.8. The van der Waals surface area contributed by atoms with Crippen molar-refractivity contribution in [1.29, 1.82) is 0 Å². The van der Waals surface area contributed by atoms with Crippen LogP contribution in [0.3, 0.4) is 0 Å². The quantitative estimate of drug-likeness (QED) is 0.603. The van der Waals surface area contributed by atoms with E-state index < -0.39 is 22.2 Å². The van der Waals surface area contributed by atoms with Gasteiger partial charge in [-0.15, -0.1) is 0 Å². The number of benzene rings is 2. The minimum Gasteiger partial charge on any atom is -0.475 e. The van der Waals surface area contributed by atoms with Gasteiger partial charge in [0.2, 0.25) is 15.9 Å². The van der Waals surface area contributed by atoms with E-state index in [1.165, 1.54) is 5.56 Å². The highest BCUT2D eigenvalue weighted by atomic mass is 32.2. The SMILES string of the molecule is Cc1ccc(S(=O)(=O)N2CCC3(CC2)NC(=O)[C@@H]2CN(Cc4ccccc4)C[C@@H]23)cc1.O=C(O)C(F)(F)F. The van der Waals surface area contributed by atoms with Crippen LogP contribution in [0.5, 0.6) is 0 Å². The zero-order chi connectivity index (χ0) is 27.7. The van der Waals surface area contributed by atoms with Crippen LogP contribution in [0, 0.1) is 18.8 Å². The molecule has 8 nitrogen and oxygen atoms in total. The van der Waals surface area contributed by atoms with Crippen LogP contribution < -0.4 is 5.32 Å². The van der Waals surface area contributed by atoms with E-state index in [-0.39, 0.29) is 23.3 Å². The first kappa shape index (κ1) is 28.1. The Morgan fingerprint density at radius 2 is 1.63 bits per heavy atom. The van der Waals surface area contributed by atoms with Gasteiger partial charge in [-0.25, -0.2) is 13.2 Å². The summed E-state index contributed by atoms with van der Waals surface area (Å²) in [6.07, 6.45) is -3.74. The van der Waals surface area contributed by atoms with Crippen molar-refractivity contribution >= 4 is 21.9 Å². The Hall–Kier alpha value is -2.96. The van der Waals surface area contributed by atoms with Gasteiger partial charge in [-0.3, -0.25) is 9.69 Å². The second-order valence-electron chi connectivity index (χ2n) is 10.1. The van der Waals surface area contributed by atoms with E-state index in [2.05, 4.69) is 22.3 Å². The molecule has 2 atom stereocenters. The van der Waals surface area contributed by atoms with Gasteiger partial charge in [0.05, 0.1) is 10.8 Å². The maximum absolute atomic E-state index is 13.1. The number of rotatable bonds is 4. The molecular formula is C26H30F3N3O5S. The number of amides is 1. The van der Waals surface area contributed by atoms with Crippen LogP contribution in [0.15, 0.2) is 59.5 Å². The minimum atomic E-state index is -5.08. The molecule has 0 aromatic heterocycles. The van der Waals surface area contributed by atoms with Gasteiger partial charge in [0.15, 0.2) is 0 Å². The lowest BCUT2D eigenvalue weighted by Gasteiger charge is -2.42. The number of likely N-dealkylation sites (tertiary alicyclic amines) is 1. The summed E-state index contributed by atoms with van der Waals surface area (Å²) in [4.78, 5) is 24.4. The number of sulfonamides is 1. The number of hydrogen-bond donors (Lipinski definition) is 2. The van der Waals surface area contributed by atoms with Crippen LogP contribution >= 0.6 is 0 Å². The molecule has 12 heteroatoms. The third-order valence-electron chi connectivity index (χ3n) is 7.58. The van der Waals surface area contributed by atoms with Crippen molar-refractivity contribution in [2.75, 3.05) is 26.2 Å². The maximum Gasteiger partial charge on any atom is 0.490 e. The van der Waals surface area contributed by atoms with E-state index in [1.807, 2.05) is 37.3 Å². The lowest BCUT2D eigenvalue weighted by Crippen LogP contribution is -2.56. The zero-order valence-electron chi connectivity index (χ0n) is 20.8. The minimum absolute atomic E-state index is 0.00367. The van der Waals surface area contributed by atoms with E-state index in [9.17, 15) is 26.4 Å². The van der Waals surface area contributed by atoms with Gasteiger partial charge in [0.25, 0.3) is 0 Å². The highest BCUT2D eigenvalue weighted by Crippen LogP contribution is 2.44. The number of alkyl halides is 3. The topological polar surface area (TPSA) is 107 Å². The van der Waals surface area contributed by atoms with Crippen LogP contribution in [-0.2, 0) is 26.2 Å². The molecule has 3 aliphatic heterocycles.